The molecule has 1 heterocycles. The van der Waals surface area contributed by atoms with Crippen molar-refractivity contribution in [1.29, 1.82) is 0 Å². The molecule has 16 heavy (non-hydrogen) atoms. The van der Waals surface area contributed by atoms with Crippen LogP contribution in [0.15, 0.2) is 0 Å². The minimum absolute atomic E-state index is 0.742. The Labute approximate surface area is 99.3 Å². The van der Waals surface area contributed by atoms with Gasteiger partial charge in [-0.25, -0.2) is 0 Å². The molecule has 0 amide bonds. The van der Waals surface area contributed by atoms with E-state index >= 15 is 0 Å². The molecule has 1 rings (SSSR count). The van der Waals surface area contributed by atoms with Gasteiger partial charge in [-0.3, -0.25) is 0 Å². The van der Waals surface area contributed by atoms with Crippen molar-refractivity contribution in [3.8, 4) is 0 Å². The first kappa shape index (κ1) is 13.9. The van der Waals surface area contributed by atoms with Crippen LogP contribution in [-0.4, -0.2) is 65.1 Å². The van der Waals surface area contributed by atoms with Crippen LogP contribution in [0.4, 0.5) is 0 Å². The van der Waals surface area contributed by atoms with Crippen molar-refractivity contribution in [2.45, 2.75) is 12.8 Å². The van der Waals surface area contributed by atoms with Gasteiger partial charge in [0.25, 0.3) is 0 Å². The van der Waals surface area contributed by atoms with Crippen LogP contribution in [0.25, 0.3) is 0 Å². The first-order chi connectivity index (χ1) is 7.83. The second-order valence-corrected chi connectivity index (χ2v) is 4.58. The maximum Gasteiger partial charge on any atom is 0.0589 e. The highest BCUT2D eigenvalue weighted by atomic mass is 16.5. The first-order valence-corrected chi connectivity index (χ1v) is 6.29. The number of methoxy groups -OCH3 is 1. The van der Waals surface area contributed by atoms with Crippen LogP contribution >= 0.6 is 0 Å². The number of hydrogen-bond acceptors (Lipinski definition) is 4. The van der Waals surface area contributed by atoms with E-state index in [2.05, 4.69) is 17.3 Å². The van der Waals surface area contributed by atoms with Gasteiger partial charge in [0.2, 0.25) is 0 Å². The van der Waals surface area contributed by atoms with E-state index in [4.69, 9.17) is 9.47 Å². The molecular formula is C12H26N2O2. The fourth-order valence-corrected chi connectivity index (χ4v) is 1.88. The third kappa shape index (κ3) is 6.43. The molecular weight excluding hydrogens is 204 g/mol. The minimum atomic E-state index is 0.742. The number of ether oxygens (including phenoxy) is 2. The molecule has 1 aliphatic heterocycles. The summed E-state index contributed by atoms with van der Waals surface area (Å²) in [6.45, 7) is 7.09. The third-order valence-corrected chi connectivity index (χ3v) is 3.03. The Hall–Kier alpha value is -0.160. The standard InChI is InChI=1S/C12H26N2O2/c1-14(7-9-15-2)6-3-5-13-10-12-4-8-16-11-12/h12-13H,3-11H2,1-2H3. The maximum absolute atomic E-state index is 5.33. The molecule has 0 aromatic carbocycles. The monoisotopic (exact) mass is 230 g/mol. The van der Waals surface area contributed by atoms with Crippen molar-refractivity contribution in [2.24, 2.45) is 5.92 Å². The predicted molar refractivity (Wildman–Crippen MR) is 65.8 cm³/mol. The fourth-order valence-electron chi connectivity index (χ4n) is 1.88. The lowest BCUT2D eigenvalue weighted by Crippen LogP contribution is -2.29. The summed E-state index contributed by atoms with van der Waals surface area (Å²) in [6, 6.07) is 0. The van der Waals surface area contributed by atoms with E-state index in [0.717, 1.165) is 51.9 Å². The molecule has 1 atom stereocenters. The molecule has 0 bridgehead atoms. The second-order valence-electron chi connectivity index (χ2n) is 4.58. The number of nitrogens with zero attached hydrogens (tertiary/aromatic N) is 1. The molecule has 96 valence electrons. The smallest absolute Gasteiger partial charge is 0.0589 e. The summed E-state index contributed by atoms with van der Waals surface area (Å²) in [5.74, 6) is 0.742. The zero-order valence-corrected chi connectivity index (χ0v) is 10.7. The van der Waals surface area contributed by atoms with Crippen LogP contribution in [0.5, 0.6) is 0 Å². The molecule has 0 saturated carbocycles. The van der Waals surface area contributed by atoms with Crippen LogP contribution in [0, 0.1) is 5.92 Å². The summed E-state index contributed by atoms with van der Waals surface area (Å²) >= 11 is 0. The van der Waals surface area contributed by atoms with E-state index in [1.807, 2.05) is 0 Å². The minimum Gasteiger partial charge on any atom is -0.383 e. The average molecular weight is 230 g/mol. The number of hydrogen-bond donors (Lipinski definition) is 1. The molecule has 0 aliphatic carbocycles. The van der Waals surface area contributed by atoms with Crippen molar-refractivity contribution in [1.82, 2.24) is 10.2 Å². The Morgan fingerprint density at radius 3 is 3.00 bits per heavy atom. The molecule has 1 saturated heterocycles. The molecule has 4 nitrogen and oxygen atoms in total. The lowest BCUT2D eigenvalue weighted by atomic mass is 10.1. The van der Waals surface area contributed by atoms with Crippen molar-refractivity contribution < 1.29 is 9.47 Å². The quantitative estimate of drug-likeness (QED) is 0.588. The van der Waals surface area contributed by atoms with Gasteiger partial charge in [-0.2, -0.15) is 0 Å². The predicted octanol–water partition coefficient (Wildman–Crippen LogP) is 0.581. The number of nitrogens with one attached hydrogen (secondary N) is 1. The lowest BCUT2D eigenvalue weighted by Gasteiger charge is -2.16. The van der Waals surface area contributed by atoms with Gasteiger partial charge in [0.1, 0.15) is 0 Å². The van der Waals surface area contributed by atoms with Gasteiger partial charge >= 0.3 is 0 Å². The Morgan fingerprint density at radius 2 is 2.31 bits per heavy atom. The van der Waals surface area contributed by atoms with Crippen LogP contribution in [0.2, 0.25) is 0 Å². The normalized spacial score (nSPS) is 20.8. The van der Waals surface area contributed by atoms with Crippen molar-refractivity contribution in [3.05, 3.63) is 0 Å². The van der Waals surface area contributed by atoms with E-state index in [1.165, 1.54) is 12.8 Å². The highest BCUT2D eigenvalue weighted by Gasteiger charge is 2.14. The zero-order valence-electron chi connectivity index (χ0n) is 10.7. The molecule has 1 fully saturated rings. The number of likely N-dealkylation sites (N-methyl/N-ethyl adjacent to an activating group) is 1. The summed E-state index contributed by atoms with van der Waals surface area (Å²) in [7, 11) is 3.89. The Bertz CT molecular complexity index is 161. The van der Waals surface area contributed by atoms with Crippen molar-refractivity contribution >= 4 is 0 Å². The molecule has 1 unspecified atom stereocenters. The lowest BCUT2D eigenvalue weighted by molar-refractivity contribution is 0.160. The molecule has 0 radical (unpaired) electrons. The summed E-state index contributed by atoms with van der Waals surface area (Å²) in [6.07, 6.45) is 2.43. The first-order valence-electron chi connectivity index (χ1n) is 6.29. The summed E-state index contributed by atoms with van der Waals surface area (Å²) in [4.78, 5) is 2.31. The number of rotatable bonds is 9. The zero-order chi connectivity index (χ0) is 11.6. The van der Waals surface area contributed by atoms with Gasteiger partial charge < -0.3 is 19.7 Å². The van der Waals surface area contributed by atoms with Crippen molar-refractivity contribution in [3.63, 3.8) is 0 Å². The van der Waals surface area contributed by atoms with Gasteiger partial charge in [-0.05, 0) is 38.9 Å². The fraction of sp³-hybridized carbons (Fsp3) is 1.00. The van der Waals surface area contributed by atoms with E-state index < -0.39 is 0 Å². The molecule has 0 aromatic heterocycles. The Balaban J connectivity index is 1.83. The summed E-state index contributed by atoms with van der Waals surface area (Å²) in [5, 5.41) is 3.50. The Kier molecular flexibility index (Phi) is 7.76. The van der Waals surface area contributed by atoms with Gasteiger partial charge in [0.15, 0.2) is 0 Å². The second kappa shape index (κ2) is 8.93. The molecule has 0 aromatic rings. The third-order valence-electron chi connectivity index (χ3n) is 3.03. The van der Waals surface area contributed by atoms with Crippen LogP contribution in [0.3, 0.4) is 0 Å². The van der Waals surface area contributed by atoms with Gasteiger partial charge in [-0.15, -0.1) is 0 Å². The Morgan fingerprint density at radius 1 is 1.44 bits per heavy atom. The van der Waals surface area contributed by atoms with Gasteiger partial charge in [0, 0.05) is 26.8 Å². The summed E-state index contributed by atoms with van der Waals surface area (Å²) in [5.41, 5.74) is 0. The highest BCUT2D eigenvalue weighted by Crippen LogP contribution is 2.10. The van der Waals surface area contributed by atoms with Crippen LogP contribution in [-0.2, 0) is 9.47 Å². The topological polar surface area (TPSA) is 33.7 Å². The van der Waals surface area contributed by atoms with Crippen LogP contribution in [0.1, 0.15) is 12.8 Å². The van der Waals surface area contributed by atoms with E-state index in [9.17, 15) is 0 Å². The van der Waals surface area contributed by atoms with Crippen LogP contribution < -0.4 is 5.32 Å². The van der Waals surface area contributed by atoms with E-state index in [-0.39, 0.29) is 0 Å². The van der Waals surface area contributed by atoms with Gasteiger partial charge in [0.05, 0.1) is 13.2 Å². The average Bonchev–Trinajstić information content (AvgIpc) is 2.79. The molecule has 0 spiro atoms. The van der Waals surface area contributed by atoms with Gasteiger partial charge in [-0.1, -0.05) is 0 Å². The molecule has 1 N–H and O–H groups in total. The molecule has 1 aliphatic rings. The maximum atomic E-state index is 5.33. The van der Waals surface area contributed by atoms with E-state index in [0.29, 0.717) is 0 Å². The van der Waals surface area contributed by atoms with E-state index in [1.54, 1.807) is 7.11 Å². The highest BCUT2D eigenvalue weighted by molar-refractivity contribution is 4.66. The largest absolute Gasteiger partial charge is 0.383 e. The van der Waals surface area contributed by atoms with Crippen molar-refractivity contribution in [2.75, 3.05) is 60.2 Å². The SMILES string of the molecule is COCCN(C)CCCNCC1CCOC1. The summed E-state index contributed by atoms with van der Waals surface area (Å²) < 4.78 is 10.4. The molecule has 4 heteroatoms.